The first kappa shape index (κ1) is 15.0. The molecule has 3 N–H and O–H groups in total. The van der Waals surface area contributed by atoms with Crippen LogP contribution in [0.15, 0.2) is 6.20 Å². The molecule has 1 fully saturated rings. The normalized spacial score (nSPS) is 25.3. The smallest absolute Gasteiger partial charge is 0.161 e. The first-order valence-electron chi connectivity index (χ1n) is 6.48. The third kappa shape index (κ3) is 3.04. The van der Waals surface area contributed by atoms with Gasteiger partial charge in [-0.25, -0.2) is 0 Å². The largest absolute Gasteiger partial charge is 0.493 e. The van der Waals surface area contributed by atoms with Crippen molar-refractivity contribution in [2.24, 2.45) is 12.9 Å². The molecule has 0 aliphatic carbocycles. The Balaban J connectivity index is 2.29. The van der Waals surface area contributed by atoms with Crippen LogP contribution in [0.1, 0.15) is 25.1 Å². The minimum absolute atomic E-state index is 0.0604. The average Bonchev–Trinajstić information content (AvgIpc) is 2.82. The SMILES string of the molecule is CCC1SCCSC1C(NN)c1c(OC)cnn1C. The summed E-state index contributed by atoms with van der Waals surface area (Å²) in [4.78, 5) is 0. The van der Waals surface area contributed by atoms with E-state index in [0.29, 0.717) is 10.5 Å². The Kier molecular flexibility index (Phi) is 5.44. The highest BCUT2D eigenvalue weighted by Gasteiger charge is 2.35. The van der Waals surface area contributed by atoms with Crippen molar-refractivity contribution in [3.8, 4) is 5.75 Å². The Morgan fingerprint density at radius 1 is 1.58 bits per heavy atom. The summed E-state index contributed by atoms with van der Waals surface area (Å²) in [6, 6.07) is 0.0604. The molecule has 0 amide bonds. The van der Waals surface area contributed by atoms with Crippen LogP contribution in [0.5, 0.6) is 5.75 Å². The third-order valence-corrected chi connectivity index (χ3v) is 6.82. The van der Waals surface area contributed by atoms with E-state index in [1.54, 1.807) is 13.3 Å². The van der Waals surface area contributed by atoms with Crippen molar-refractivity contribution in [3.63, 3.8) is 0 Å². The maximum atomic E-state index is 5.83. The second kappa shape index (κ2) is 6.88. The summed E-state index contributed by atoms with van der Waals surface area (Å²) < 4.78 is 7.27. The molecule has 0 aromatic carbocycles. The zero-order valence-electron chi connectivity index (χ0n) is 11.6. The monoisotopic (exact) mass is 302 g/mol. The molecule has 0 saturated carbocycles. The first-order valence-corrected chi connectivity index (χ1v) is 8.57. The summed E-state index contributed by atoms with van der Waals surface area (Å²) in [6.07, 6.45) is 2.90. The van der Waals surface area contributed by atoms with Crippen molar-refractivity contribution in [2.45, 2.75) is 29.9 Å². The topological polar surface area (TPSA) is 65.1 Å². The van der Waals surface area contributed by atoms with Crippen LogP contribution in [-0.4, -0.2) is 38.9 Å². The van der Waals surface area contributed by atoms with Crippen LogP contribution in [0.2, 0.25) is 0 Å². The van der Waals surface area contributed by atoms with Gasteiger partial charge in [0.15, 0.2) is 5.75 Å². The van der Waals surface area contributed by atoms with Crippen molar-refractivity contribution in [1.82, 2.24) is 15.2 Å². The quantitative estimate of drug-likeness (QED) is 0.636. The van der Waals surface area contributed by atoms with E-state index in [1.165, 1.54) is 11.5 Å². The number of hydrazine groups is 1. The van der Waals surface area contributed by atoms with Crippen LogP contribution in [0.3, 0.4) is 0 Å². The maximum absolute atomic E-state index is 5.83. The van der Waals surface area contributed by atoms with Crippen LogP contribution in [-0.2, 0) is 7.05 Å². The van der Waals surface area contributed by atoms with Gasteiger partial charge in [-0.1, -0.05) is 6.92 Å². The summed E-state index contributed by atoms with van der Waals surface area (Å²) >= 11 is 4.04. The molecule has 7 heteroatoms. The fourth-order valence-electron chi connectivity index (χ4n) is 2.51. The van der Waals surface area contributed by atoms with Gasteiger partial charge in [0.25, 0.3) is 0 Å². The van der Waals surface area contributed by atoms with Gasteiger partial charge in [-0.3, -0.25) is 16.0 Å². The number of aryl methyl sites for hydroxylation is 1. The molecule has 19 heavy (non-hydrogen) atoms. The van der Waals surface area contributed by atoms with Crippen LogP contribution >= 0.6 is 23.5 Å². The number of hydrogen-bond acceptors (Lipinski definition) is 6. The van der Waals surface area contributed by atoms with E-state index < -0.39 is 0 Å². The molecule has 1 saturated heterocycles. The predicted octanol–water partition coefficient (Wildman–Crippen LogP) is 1.56. The third-order valence-electron chi connectivity index (χ3n) is 3.47. The van der Waals surface area contributed by atoms with Crippen molar-refractivity contribution in [3.05, 3.63) is 11.9 Å². The number of aromatic nitrogens is 2. The molecular formula is C12H22N4OS2. The molecule has 108 valence electrons. The molecule has 1 aromatic rings. The van der Waals surface area contributed by atoms with Gasteiger partial charge in [0.1, 0.15) is 0 Å². The molecule has 1 aromatic heterocycles. The molecule has 0 spiro atoms. The Bertz CT molecular complexity index is 412. The highest BCUT2D eigenvalue weighted by molar-refractivity contribution is 8.07. The van der Waals surface area contributed by atoms with Crippen molar-refractivity contribution in [2.75, 3.05) is 18.6 Å². The van der Waals surface area contributed by atoms with Gasteiger partial charge in [-0.05, 0) is 6.42 Å². The summed E-state index contributed by atoms with van der Waals surface area (Å²) in [6.45, 7) is 2.24. The van der Waals surface area contributed by atoms with Gasteiger partial charge in [0.2, 0.25) is 0 Å². The van der Waals surface area contributed by atoms with E-state index in [4.69, 9.17) is 10.6 Å². The summed E-state index contributed by atoms with van der Waals surface area (Å²) in [5.74, 6) is 9.03. The van der Waals surface area contributed by atoms with Crippen LogP contribution in [0.4, 0.5) is 0 Å². The average molecular weight is 302 g/mol. The zero-order valence-corrected chi connectivity index (χ0v) is 13.3. The van der Waals surface area contributed by atoms with E-state index in [-0.39, 0.29) is 6.04 Å². The minimum Gasteiger partial charge on any atom is -0.493 e. The standard InChI is InChI=1S/C12H22N4OS2/c1-4-9-12(19-6-5-18-9)10(15-13)11-8(17-3)7-14-16(11)2/h7,9-10,12,15H,4-6,13H2,1-3H3. The van der Waals surface area contributed by atoms with Gasteiger partial charge in [-0.2, -0.15) is 28.6 Å². The second-order valence-electron chi connectivity index (χ2n) is 4.52. The molecule has 2 heterocycles. The van der Waals surface area contributed by atoms with Crippen LogP contribution < -0.4 is 16.0 Å². The lowest BCUT2D eigenvalue weighted by Gasteiger charge is -2.35. The first-order chi connectivity index (χ1) is 9.22. The number of thioether (sulfide) groups is 2. The minimum atomic E-state index is 0.0604. The van der Waals surface area contributed by atoms with Crippen LogP contribution in [0, 0.1) is 0 Å². The van der Waals surface area contributed by atoms with Crippen molar-refractivity contribution in [1.29, 1.82) is 0 Å². The number of rotatable bonds is 5. The van der Waals surface area contributed by atoms with E-state index >= 15 is 0 Å². The number of nitrogens with zero attached hydrogens (tertiary/aromatic N) is 2. The fourth-order valence-corrected chi connectivity index (χ4v) is 5.72. The van der Waals surface area contributed by atoms with Gasteiger partial charge < -0.3 is 4.74 Å². The summed E-state index contributed by atoms with van der Waals surface area (Å²) in [7, 11) is 3.61. The van der Waals surface area contributed by atoms with Gasteiger partial charge in [0, 0.05) is 29.1 Å². The highest BCUT2D eigenvalue weighted by atomic mass is 32.2. The van der Waals surface area contributed by atoms with Crippen molar-refractivity contribution < 1.29 is 4.74 Å². The molecule has 0 bridgehead atoms. The van der Waals surface area contributed by atoms with E-state index in [2.05, 4.69) is 17.4 Å². The Morgan fingerprint density at radius 3 is 2.95 bits per heavy atom. The molecule has 3 unspecified atom stereocenters. The molecule has 2 rings (SSSR count). The zero-order chi connectivity index (χ0) is 13.8. The lowest BCUT2D eigenvalue weighted by atomic mass is 10.1. The lowest BCUT2D eigenvalue weighted by Crippen LogP contribution is -2.42. The van der Waals surface area contributed by atoms with E-state index in [9.17, 15) is 0 Å². The lowest BCUT2D eigenvalue weighted by molar-refractivity contribution is 0.390. The number of nitrogens with two attached hydrogens (primary N) is 1. The molecule has 5 nitrogen and oxygen atoms in total. The maximum Gasteiger partial charge on any atom is 0.161 e. The summed E-state index contributed by atoms with van der Waals surface area (Å²) in [5.41, 5.74) is 4.01. The molecule has 3 atom stereocenters. The molecule has 0 radical (unpaired) electrons. The van der Waals surface area contributed by atoms with E-state index in [1.807, 2.05) is 35.3 Å². The summed E-state index contributed by atoms with van der Waals surface area (Å²) in [5, 5.41) is 5.34. The van der Waals surface area contributed by atoms with Gasteiger partial charge >= 0.3 is 0 Å². The number of hydrogen-bond donors (Lipinski definition) is 2. The number of methoxy groups -OCH3 is 1. The predicted molar refractivity (Wildman–Crippen MR) is 82.6 cm³/mol. The van der Waals surface area contributed by atoms with Gasteiger partial charge in [0.05, 0.1) is 25.0 Å². The second-order valence-corrected chi connectivity index (χ2v) is 7.15. The molecular weight excluding hydrogens is 280 g/mol. The van der Waals surface area contributed by atoms with Gasteiger partial charge in [-0.15, -0.1) is 0 Å². The highest BCUT2D eigenvalue weighted by Crippen LogP contribution is 2.41. The Labute approximate surface area is 123 Å². The van der Waals surface area contributed by atoms with E-state index in [0.717, 1.165) is 17.9 Å². The van der Waals surface area contributed by atoms with Crippen LogP contribution in [0.25, 0.3) is 0 Å². The fraction of sp³-hybridized carbons (Fsp3) is 0.750. The Morgan fingerprint density at radius 2 is 2.32 bits per heavy atom. The number of ether oxygens (including phenoxy) is 1. The molecule has 1 aliphatic rings. The molecule has 1 aliphatic heterocycles. The van der Waals surface area contributed by atoms with Crippen molar-refractivity contribution >= 4 is 23.5 Å². The number of nitrogens with one attached hydrogen (secondary N) is 1. The Hall–Kier alpha value is -0.370.